The zero-order chi connectivity index (χ0) is 10.1. The molecule has 0 spiro atoms. The Labute approximate surface area is 79.6 Å². The predicted octanol–water partition coefficient (Wildman–Crippen LogP) is 1.06. The number of rotatable bonds is 1. The number of nitrogens with zero attached hydrogens (tertiary/aromatic N) is 1. The number of carboxylic acid groups (broad SMARTS) is 1. The van der Waals surface area contributed by atoms with Crippen molar-refractivity contribution in [3.8, 4) is 0 Å². The summed E-state index contributed by atoms with van der Waals surface area (Å²) in [7, 11) is 0. The van der Waals surface area contributed by atoms with Crippen LogP contribution in [0.15, 0.2) is 36.5 Å². The van der Waals surface area contributed by atoms with Crippen LogP contribution in [-0.2, 0) is 0 Å². The van der Waals surface area contributed by atoms with Crippen LogP contribution in [-0.4, -0.2) is 16.3 Å². The van der Waals surface area contributed by atoms with E-state index in [2.05, 4.69) is 0 Å². The lowest BCUT2D eigenvalue weighted by Crippen LogP contribution is -2.30. The van der Waals surface area contributed by atoms with Crippen molar-refractivity contribution in [1.29, 1.82) is 0 Å². The normalized spacial score (nSPS) is 10.3. The van der Waals surface area contributed by atoms with Crippen LogP contribution in [0.5, 0.6) is 0 Å². The summed E-state index contributed by atoms with van der Waals surface area (Å²) in [6, 6.07) is 8.01. The number of pyridine rings is 1. The molecule has 0 bridgehead atoms. The molecule has 1 aromatic carbocycles. The Hall–Kier alpha value is -2.10. The highest BCUT2D eigenvalue weighted by Gasteiger charge is 2.13. The molecule has 0 unspecified atom stereocenters. The molecule has 0 amide bonds. The molecule has 0 saturated heterocycles. The summed E-state index contributed by atoms with van der Waals surface area (Å²) in [5.41, 5.74) is 0.665. The lowest BCUT2D eigenvalue weighted by atomic mass is 10.1. The maximum Gasteiger partial charge on any atom is 0.336 e. The first-order valence-corrected chi connectivity index (χ1v) is 4.06. The van der Waals surface area contributed by atoms with E-state index < -0.39 is 5.97 Å². The van der Waals surface area contributed by atoms with Crippen molar-refractivity contribution in [1.82, 2.24) is 0 Å². The van der Waals surface area contributed by atoms with Crippen molar-refractivity contribution in [2.24, 2.45) is 0 Å². The van der Waals surface area contributed by atoms with Gasteiger partial charge in [0.15, 0.2) is 0 Å². The zero-order valence-corrected chi connectivity index (χ0v) is 7.21. The van der Waals surface area contributed by atoms with Gasteiger partial charge < -0.3 is 5.11 Å². The van der Waals surface area contributed by atoms with Gasteiger partial charge in [-0.1, -0.05) is 6.07 Å². The van der Waals surface area contributed by atoms with Crippen LogP contribution >= 0.6 is 0 Å². The number of hydrogen-bond donors (Lipinski definition) is 2. The number of aromatic carboxylic acids is 1. The van der Waals surface area contributed by atoms with Gasteiger partial charge in [-0.05, 0) is 12.1 Å². The summed E-state index contributed by atoms with van der Waals surface area (Å²) in [6.07, 6.45) is 1.45. The first-order valence-electron chi connectivity index (χ1n) is 4.06. The van der Waals surface area contributed by atoms with Crippen molar-refractivity contribution >= 4 is 16.9 Å². The summed E-state index contributed by atoms with van der Waals surface area (Å²) in [4.78, 5) is 10.8. The van der Waals surface area contributed by atoms with Crippen LogP contribution in [0.25, 0.3) is 10.9 Å². The molecule has 4 nitrogen and oxygen atoms in total. The number of fused-ring (bicyclic) bond motifs is 1. The second-order valence-electron chi connectivity index (χ2n) is 2.90. The summed E-state index contributed by atoms with van der Waals surface area (Å²) in [5, 5.41) is 18.8. The van der Waals surface area contributed by atoms with Crippen molar-refractivity contribution in [2.75, 3.05) is 0 Å². The van der Waals surface area contributed by atoms with E-state index in [-0.39, 0.29) is 5.56 Å². The highest BCUT2D eigenvalue weighted by atomic mass is 16.5. The Bertz CT molecular complexity index is 508. The van der Waals surface area contributed by atoms with Gasteiger partial charge in [0, 0.05) is 16.9 Å². The van der Waals surface area contributed by atoms with E-state index in [1.165, 1.54) is 12.3 Å². The van der Waals surface area contributed by atoms with Crippen molar-refractivity contribution in [3.05, 3.63) is 42.1 Å². The van der Waals surface area contributed by atoms with E-state index >= 15 is 0 Å². The van der Waals surface area contributed by atoms with E-state index in [1.54, 1.807) is 24.3 Å². The average Bonchev–Trinajstić information content (AvgIpc) is 2.17. The maximum atomic E-state index is 10.8. The van der Waals surface area contributed by atoms with Crippen molar-refractivity contribution in [3.63, 3.8) is 0 Å². The molecule has 0 atom stereocenters. The third-order valence-corrected chi connectivity index (χ3v) is 2.05. The molecule has 0 fully saturated rings. The van der Waals surface area contributed by atoms with E-state index in [0.717, 1.165) is 4.73 Å². The van der Waals surface area contributed by atoms with Gasteiger partial charge in [-0.15, -0.1) is 0 Å². The van der Waals surface area contributed by atoms with Crippen LogP contribution in [0.3, 0.4) is 0 Å². The molecule has 0 aliphatic heterocycles. The van der Waals surface area contributed by atoms with Crippen molar-refractivity contribution in [2.45, 2.75) is 0 Å². The van der Waals surface area contributed by atoms with Gasteiger partial charge in [-0.2, -0.15) is 0 Å². The Morgan fingerprint density at radius 3 is 2.71 bits per heavy atom. The Morgan fingerprint density at radius 2 is 2.00 bits per heavy atom. The highest BCUT2D eigenvalue weighted by Crippen LogP contribution is 2.14. The average molecular weight is 190 g/mol. The summed E-state index contributed by atoms with van der Waals surface area (Å²) >= 11 is 0. The number of carboxylic acids is 1. The Kier molecular flexibility index (Phi) is 1.81. The molecule has 2 rings (SSSR count). The van der Waals surface area contributed by atoms with E-state index in [0.29, 0.717) is 10.9 Å². The number of hydrogen-bond acceptors (Lipinski definition) is 2. The first kappa shape index (κ1) is 8.50. The molecule has 0 saturated carbocycles. The Balaban J connectivity index is 2.88. The van der Waals surface area contributed by atoms with Crippen LogP contribution in [0.4, 0.5) is 0 Å². The standard InChI is InChI=1S/C10H7NO3/c12-10(13)8-3-1-5-9-7(8)4-2-6-11(9)14/h1-6H,(H-,12,13,14)/p+1. The second-order valence-corrected chi connectivity index (χ2v) is 2.90. The molecule has 4 heteroatoms. The molecule has 0 aliphatic rings. The smallest absolute Gasteiger partial charge is 0.336 e. The van der Waals surface area contributed by atoms with Crippen LogP contribution in [0, 0.1) is 0 Å². The van der Waals surface area contributed by atoms with Gasteiger partial charge >= 0.3 is 5.97 Å². The third kappa shape index (κ3) is 1.17. The molecular weight excluding hydrogens is 182 g/mol. The van der Waals surface area contributed by atoms with Crippen molar-refractivity contribution < 1.29 is 19.8 Å². The Morgan fingerprint density at radius 1 is 1.21 bits per heavy atom. The van der Waals surface area contributed by atoms with Gasteiger partial charge in [0.2, 0.25) is 6.20 Å². The predicted molar refractivity (Wildman–Crippen MR) is 48.3 cm³/mol. The fourth-order valence-electron chi connectivity index (χ4n) is 1.42. The minimum Gasteiger partial charge on any atom is -0.478 e. The number of aromatic nitrogens is 1. The van der Waals surface area contributed by atoms with Crippen LogP contribution in [0.1, 0.15) is 10.4 Å². The molecule has 2 aromatic rings. The fourth-order valence-corrected chi connectivity index (χ4v) is 1.42. The van der Waals surface area contributed by atoms with Gasteiger partial charge in [0.05, 0.1) is 10.9 Å². The molecule has 0 aliphatic carbocycles. The van der Waals surface area contributed by atoms with E-state index in [4.69, 9.17) is 5.11 Å². The second kappa shape index (κ2) is 2.99. The SMILES string of the molecule is O=C(O)c1cccc2c1ccc[n+]2O. The van der Waals surface area contributed by atoms with Gasteiger partial charge in [-0.25, -0.2) is 4.79 Å². The van der Waals surface area contributed by atoms with Gasteiger partial charge in [0.25, 0.3) is 5.52 Å². The number of benzene rings is 1. The molecule has 0 radical (unpaired) electrons. The third-order valence-electron chi connectivity index (χ3n) is 2.05. The van der Waals surface area contributed by atoms with Crippen LogP contribution < -0.4 is 4.73 Å². The van der Waals surface area contributed by atoms with E-state index in [9.17, 15) is 10.0 Å². The van der Waals surface area contributed by atoms with Crippen LogP contribution in [0.2, 0.25) is 0 Å². The molecule has 1 aromatic heterocycles. The largest absolute Gasteiger partial charge is 0.478 e. The molecule has 2 N–H and O–H groups in total. The quantitative estimate of drug-likeness (QED) is 0.522. The topological polar surface area (TPSA) is 61.4 Å². The summed E-state index contributed by atoms with van der Waals surface area (Å²) in [5.74, 6) is -0.998. The van der Waals surface area contributed by atoms with Gasteiger partial charge in [-0.3, -0.25) is 5.21 Å². The fraction of sp³-hybridized carbons (Fsp3) is 0. The summed E-state index contributed by atoms with van der Waals surface area (Å²) < 4.78 is 0.905. The minimum atomic E-state index is -0.998. The summed E-state index contributed by atoms with van der Waals surface area (Å²) in [6.45, 7) is 0. The zero-order valence-electron chi connectivity index (χ0n) is 7.21. The molecule has 1 heterocycles. The molecule has 70 valence electrons. The molecular formula is C10H8NO3+. The first-order chi connectivity index (χ1) is 6.70. The lowest BCUT2D eigenvalue weighted by Gasteiger charge is -1.97. The van der Waals surface area contributed by atoms with E-state index in [1.807, 2.05) is 0 Å². The maximum absolute atomic E-state index is 10.8. The monoisotopic (exact) mass is 190 g/mol. The molecule has 14 heavy (non-hydrogen) atoms. The number of carbonyl (C=O) groups is 1. The highest BCUT2D eigenvalue weighted by molar-refractivity contribution is 6.01. The minimum absolute atomic E-state index is 0.186. The lowest BCUT2D eigenvalue weighted by molar-refractivity contribution is -0.884. The van der Waals surface area contributed by atoms with Gasteiger partial charge in [0.1, 0.15) is 0 Å².